The molecule has 2 rings (SSSR count). The predicted molar refractivity (Wildman–Crippen MR) is 92.5 cm³/mol. The number of rotatable bonds is 3. The third-order valence-electron chi connectivity index (χ3n) is 3.46. The third-order valence-corrected chi connectivity index (χ3v) is 3.46. The molecule has 0 amide bonds. The first kappa shape index (κ1) is 15.9. The average molecular weight is 297 g/mol. The smallest absolute Gasteiger partial charge is 0.157 e. The van der Waals surface area contributed by atoms with Crippen LogP contribution in [0.25, 0.3) is 0 Å². The van der Waals surface area contributed by atoms with Crippen LogP contribution in [0, 0.1) is 0 Å². The summed E-state index contributed by atoms with van der Waals surface area (Å²) in [7, 11) is 1.64. The number of methoxy groups -OCH3 is 1. The van der Waals surface area contributed by atoms with Crippen LogP contribution >= 0.6 is 0 Å². The Bertz CT molecular complexity index is 672. The van der Waals surface area contributed by atoms with E-state index >= 15 is 0 Å². The van der Waals surface area contributed by atoms with E-state index in [1.807, 2.05) is 36.4 Å². The molecule has 0 aromatic heterocycles. The van der Waals surface area contributed by atoms with Gasteiger partial charge in [0.25, 0.3) is 0 Å². The number of amidine groups is 1. The van der Waals surface area contributed by atoms with Crippen LogP contribution in [0.1, 0.15) is 31.9 Å². The van der Waals surface area contributed by atoms with E-state index in [1.165, 1.54) is 5.56 Å². The van der Waals surface area contributed by atoms with Gasteiger partial charge >= 0.3 is 0 Å². The van der Waals surface area contributed by atoms with Gasteiger partial charge in [0.15, 0.2) is 5.84 Å². The summed E-state index contributed by atoms with van der Waals surface area (Å²) < 4.78 is 5.24. The van der Waals surface area contributed by atoms with Gasteiger partial charge in [-0.3, -0.25) is 0 Å². The minimum absolute atomic E-state index is 0.0910. The van der Waals surface area contributed by atoms with Crippen LogP contribution in [0.2, 0.25) is 0 Å². The summed E-state index contributed by atoms with van der Waals surface area (Å²) in [5.74, 6) is 6.92. The monoisotopic (exact) mass is 297 g/mol. The van der Waals surface area contributed by atoms with Crippen LogP contribution in [0.4, 0.5) is 5.69 Å². The third kappa shape index (κ3) is 3.79. The van der Waals surface area contributed by atoms with Gasteiger partial charge in [0.1, 0.15) is 5.75 Å². The number of hydrogen-bond acceptors (Lipinski definition) is 3. The van der Waals surface area contributed by atoms with Crippen molar-refractivity contribution in [3.8, 4) is 5.75 Å². The Balaban J connectivity index is 2.28. The molecule has 0 heterocycles. The minimum Gasteiger partial charge on any atom is -0.497 e. The molecular formula is C18H23N3O. The number of hydrogen-bond donors (Lipinski definition) is 2. The fraction of sp³-hybridized carbons (Fsp3) is 0.278. The van der Waals surface area contributed by atoms with Gasteiger partial charge in [-0.2, -0.15) is 5.10 Å². The standard InChI is InChI=1S/C18H23N3O/c1-18(2,3)14-8-6-9-15(12-14)20-17(21-19)13-7-5-10-16(11-13)22-4/h5-12H,19H2,1-4H3,(H,20,21). The van der Waals surface area contributed by atoms with Crippen LogP contribution in [-0.4, -0.2) is 12.9 Å². The van der Waals surface area contributed by atoms with Crippen LogP contribution in [-0.2, 0) is 5.41 Å². The van der Waals surface area contributed by atoms with Gasteiger partial charge in [-0.1, -0.05) is 45.0 Å². The lowest BCUT2D eigenvalue weighted by atomic mass is 9.87. The highest BCUT2D eigenvalue weighted by Crippen LogP contribution is 2.25. The lowest BCUT2D eigenvalue weighted by Gasteiger charge is -2.20. The maximum atomic E-state index is 5.55. The van der Waals surface area contributed by atoms with Crippen LogP contribution in [0.5, 0.6) is 5.75 Å². The van der Waals surface area contributed by atoms with E-state index in [0.29, 0.717) is 5.84 Å². The second kappa shape index (κ2) is 6.52. The van der Waals surface area contributed by atoms with Crippen LogP contribution in [0.15, 0.2) is 53.6 Å². The summed E-state index contributed by atoms with van der Waals surface area (Å²) in [6, 6.07) is 15.9. The van der Waals surface area contributed by atoms with Crippen molar-refractivity contribution in [2.45, 2.75) is 26.2 Å². The Morgan fingerprint density at radius 1 is 1.09 bits per heavy atom. The number of benzene rings is 2. The summed E-state index contributed by atoms with van der Waals surface area (Å²) >= 11 is 0. The number of ether oxygens (including phenoxy) is 1. The maximum Gasteiger partial charge on any atom is 0.157 e. The van der Waals surface area contributed by atoms with Gasteiger partial charge < -0.3 is 15.9 Å². The number of anilines is 1. The molecule has 0 aliphatic heterocycles. The zero-order chi connectivity index (χ0) is 16.2. The van der Waals surface area contributed by atoms with E-state index in [0.717, 1.165) is 17.0 Å². The first-order chi connectivity index (χ1) is 10.4. The highest BCUT2D eigenvalue weighted by Gasteiger charge is 2.14. The number of nitrogens with two attached hydrogens (primary N) is 1. The molecule has 4 heteroatoms. The molecule has 0 aliphatic rings. The lowest BCUT2D eigenvalue weighted by molar-refractivity contribution is 0.414. The van der Waals surface area contributed by atoms with E-state index in [1.54, 1.807) is 7.11 Å². The Kier molecular flexibility index (Phi) is 4.71. The molecule has 0 unspecified atom stereocenters. The van der Waals surface area contributed by atoms with E-state index < -0.39 is 0 Å². The second-order valence-electron chi connectivity index (χ2n) is 6.17. The predicted octanol–water partition coefficient (Wildman–Crippen LogP) is 3.73. The highest BCUT2D eigenvalue weighted by atomic mass is 16.5. The zero-order valence-electron chi connectivity index (χ0n) is 13.6. The number of hydrazone groups is 1. The van der Waals surface area contributed by atoms with E-state index in [-0.39, 0.29) is 5.41 Å². The molecule has 0 radical (unpaired) electrons. The first-order valence-electron chi connectivity index (χ1n) is 7.24. The average Bonchev–Trinajstić information content (AvgIpc) is 2.52. The molecule has 0 aliphatic carbocycles. The largest absolute Gasteiger partial charge is 0.497 e. The molecule has 2 aromatic rings. The molecule has 0 atom stereocenters. The quantitative estimate of drug-likeness (QED) is 0.393. The molecule has 2 aromatic carbocycles. The van der Waals surface area contributed by atoms with Gasteiger partial charge in [-0.05, 0) is 35.2 Å². The van der Waals surface area contributed by atoms with Gasteiger partial charge in [0.05, 0.1) is 7.11 Å². The molecular weight excluding hydrogens is 274 g/mol. The fourth-order valence-electron chi connectivity index (χ4n) is 2.15. The summed E-state index contributed by atoms with van der Waals surface area (Å²) in [6.07, 6.45) is 0. The molecule has 116 valence electrons. The molecule has 0 saturated heterocycles. The van der Waals surface area contributed by atoms with Crippen molar-refractivity contribution in [1.82, 2.24) is 0 Å². The Hall–Kier alpha value is -2.49. The van der Waals surface area contributed by atoms with Gasteiger partial charge in [-0.25, -0.2) is 0 Å². The van der Waals surface area contributed by atoms with Crippen molar-refractivity contribution in [3.05, 3.63) is 59.7 Å². The summed E-state index contributed by atoms with van der Waals surface area (Å²) in [6.45, 7) is 6.56. The van der Waals surface area contributed by atoms with Crippen molar-refractivity contribution in [3.63, 3.8) is 0 Å². The van der Waals surface area contributed by atoms with Crippen LogP contribution in [0.3, 0.4) is 0 Å². The first-order valence-corrected chi connectivity index (χ1v) is 7.24. The molecule has 0 spiro atoms. The Morgan fingerprint density at radius 3 is 2.45 bits per heavy atom. The molecule has 0 fully saturated rings. The molecule has 3 N–H and O–H groups in total. The van der Waals surface area contributed by atoms with Gasteiger partial charge in [0.2, 0.25) is 0 Å². The maximum absolute atomic E-state index is 5.55. The second-order valence-corrected chi connectivity index (χ2v) is 6.17. The van der Waals surface area contributed by atoms with Gasteiger partial charge in [0, 0.05) is 11.3 Å². The highest BCUT2D eigenvalue weighted by molar-refractivity contribution is 6.08. The minimum atomic E-state index is 0.0910. The summed E-state index contributed by atoms with van der Waals surface area (Å²) in [4.78, 5) is 0. The van der Waals surface area contributed by atoms with Crippen molar-refractivity contribution >= 4 is 11.5 Å². The lowest BCUT2D eigenvalue weighted by Crippen LogP contribution is -2.17. The Morgan fingerprint density at radius 2 is 1.82 bits per heavy atom. The van der Waals surface area contributed by atoms with Crippen molar-refractivity contribution in [2.24, 2.45) is 10.9 Å². The van der Waals surface area contributed by atoms with Gasteiger partial charge in [-0.15, -0.1) is 0 Å². The number of nitrogens with zero attached hydrogens (tertiary/aromatic N) is 1. The summed E-state index contributed by atoms with van der Waals surface area (Å²) in [5.41, 5.74) is 3.18. The van der Waals surface area contributed by atoms with Crippen molar-refractivity contribution < 1.29 is 4.74 Å². The van der Waals surface area contributed by atoms with Crippen LogP contribution < -0.4 is 15.9 Å². The zero-order valence-corrected chi connectivity index (χ0v) is 13.6. The van der Waals surface area contributed by atoms with Crippen molar-refractivity contribution in [2.75, 3.05) is 12.4 Å². The van der Waals surface area contributed by atoms with E-state index in [9.17, 15) is 0 Å². The van der Waals surface area contributed by atoms with E-state index in [2.05, 4.69) is 43.3 Å². The molecule has 0 saturated carbocycles. The SMILES string of the molecule is COc1cccc(/C(=N/N)Nc2cccc(C(C)(C)C)c2)c1. The molecule has 22 heavy (non-hydrogen) atoms. The van der Waals surface area contributed by atoms with Crippen molar-refractivity contribution in [1.29, 1.82) is 0 Å². The molecule has 4 nitrogen and oxygen atoms in total. The number of nitrogens with one attached hydrogen (secondary N) is 1. The molecule has 0 bridgehead atoms. The Labute approximate surface area is 132 Å². The normalized spacial score (nSPS) is 12.1. The fourth-order valence-corrected chi connectivity index (χ4v) is 2.15. The summed E-state index contributed by atoms with van der Waals surface area (Å²) in [5, 5.41) is 7.15. The van der Waals surface area contributed by atoms with E-state index in [4.69, 9.17) is 10.6 Å². The topological polar surface area (TPSA) is 59.6 Å².